The third-order valence-corrected chi connectivity index (χ3v) is 20.5. The van der Waals surface area contributed by atoms with Crippen LogP contribution in [0.25, 0.3) is 0 Å². The van der Waals surface area contributed by atoms with E-state index in [9.17, 15) is 43.2 Å². The minimum Gasteiger partial charge on any atom is -0.462 e. The standard InChI is InChI=1S/C80H156O17P2/c1-8-9-10-11-12-13-14-15-16-17-18-19-24-30-35-40-49-56-63-79(84)96-75(67-90-77(82)61-54-47-39-34-29-23-21-20-22-27-32-37-44-51-58-71(2)3)69-94-98(86,87)92-65-74(81)66-93-99(88,89)95-70-76(68-91-78(83)62-55-48-43-42-46-53-60-73(6)7)97-80(85)64-57-50-41-36-31-26-25-28-33-38-45-52-59-72(4)5/h71-76,81H,8-70H2,1-7H3,(H,86,87)(H,88,89)/t74-,75-,76-/m1/s1. The number of carbonyl (C=O) groups excluding carboxylic acids is 4. The Hall–Kier alpha value is -1.94. The van der Waals surface area contributed by atoms with Crippen LogP contribution in [0.2, 0.25) is 0 Å². The Kier molecular flexibility index (Phi) is 69.0. The van der Waals surface area contributed by atoms with Crippen LogP contribution in [-0.4, -0.2) is 96.7 Å². The average molecular weight is 1450 g/mol. The lowest BCUT2D eigenvalue weighted by atomic mass is 10.0. The summed E-state index contributed by atoms with van der Waals surface area (Å²) in [5.74, 6) is 0.142. The summed E-state index contributed by atoms with van der Waals surface area (Å²) in [6.07, 6.45) is 58.4. The molecule has 0 spiro atoms. The zero-order valence-corrected chi connectivity index (χ0v) is 66.8. The molecule has 2 unspecified atom stereocenters. The molecule has 0 rings (SSSR count). The Morgan fingerprint density at radius 1 is 0.273 bits per heavy atom. The van der Waals surface area contributed by atoms with E-state index in [4.69, 9.17) is 37.0 Å². The van der Waals surface area contributed by atoms with Gasteiger partial charge in [-0.25, -0.2) is 9.13 Å². The molecule has 0 aromatic heterocycles. The largest absolute Gasteiger partial charge is 0.472 e. The molecule has 99 heavy (non-hydrogen) atoms. The Morgan fingerprint density at radius 2 is 0.465 bits per heavy atom. The van der Waals surface area contributed by atoms with Crippen molar-refractivity contribution in [2.75, 3.05) is 39.6 Å². The minimum absolute atomic E-state index is 0.106. The molecule has 0 saturated heterocycles. The van der Waals surface area contributed by atoms with Crippen molar-refractivity contribution >= 4 is 39.5 Å². The maximum absolute atomic E-state index is 13.1. The number of rotatable bonds is 78. The molecule has 3 N–H and O–H groups in total. The number of esters is 4. The van der Waals surface area contributed by atoms with Gasteiger partial charge in [-0.3, -0.25) is 37.3 Å². The van der Waals surface area contributed by atoms with Crippen molar-refractivity contribution < 1.29 is 80.2 Å². The van der Waals surface area contributed by atoms with Gasteiger partial charge >= 0.3 is 39.5 Å². The first-order chi connectivity index (χ1) is 47.7. The van der Waals surface area contributed by atoms with E-state index in [1.807, 2.05) is 0 Å². The summed E-state index contributed by atoms with van der Waals surface area (Å²) in [4.78, 5) is 73.0. The van der Waals surface area contributed by atoms with Gasteiger partial charge in [0.05, 0.1) is 26.4 Å². The van der Waals surface area contributed by atoms with E-state index in [1.54, 1.807) is 0 Å². The zero-order valence-electron chi connectivity index (χ0n) is 65.0. The van der Waals surface area contributed by atoms with Crippen molar-refractivity contribution in [2.24, 2.45) is 17.8 Å². The predicted octanol–water partition coefficient (Wildman–Crippen LogP) is 23.7. The van der Waals surface area contributed by atoms with Crippen LogP contribution >= 0.6 is 15.6 Å². The molecule has 0 heterocycles. The number of carbonyl (C=O) groups is 4. The fraction of sp³-hybridized carbons (Fsp3) is 0.950. The SMILES string of the molecule is CCCCCCCCCCCCCCCCCCCCC(=O)O[C@H](COC(=O)CCCCCCCCCCCCCCCCC(C)C)COP(=O)(O)OC[C@@H](O)COP(=O)(O)OC[C@@H](COC(=O)CCCCCCCCC(C)C)OC(=O)CCCCCCCCCCCCCCC(C)C. The van der Waals surface area contributed by atoms with Crippen molar-refractivity contribution in [3.63, 3.8) is 0 Å². The maximum Gasteiger partial charge on any atom is 0.472 e. The van der Waals surface area contributed by atoms with Crippen molar-refractivity contribution in [3.05, 3.63) is 0 Å². The Bertz CT molecular complexity index is 1920. The van der Waals surface area contributed by atoms with Crippen LogP contribution < -0.4 is 0 Å². The maximum atomic E-state index is 13.1. The monoisotopic (exact) mass is 1450 g/mol. The summed E-state index contributed by atoms with van der Waals surface area (Å²) in [5, 5.41) is 10.6. The van der Waals surface area contributed by atoms with Crippen molar-refractivity contribution in [1.29, 1.82) is 0 Å². The normalized spacial score (nSPS) is 14.0. The van der Waals surface area contributed by atoms with Crippen molar-refractivity contribution in [2.45, 2.75) is 433 Å². The van der Waals surface area contributed by atoms with Gasteiger partial charge in [0.25, 0.3) is 0 Å². The van der Waals surface area contributed by atoms with Crippen molar-refractivity contribution in [3.8, 4) is 0 Å². The number of aliphatic hydroxyl groups excluding tert-OH is 1. The quantitative estimate of drug-likeness (QED) is 0.0222. The second kappa shape index (κ2) is 70.4. The van der Waals surface area contributed by atoms with Gasteiger partial charge in [-0.1, -0.05) is 363 Å². The van der Waals surface area contributed by atoms with E-state index in [0.717, 1.165) is 108 Å². The Balaban J connectivity index is 5.23. The number of hydrogen-bond donors (Lipinski definition) is 3. The lowest BCUT2D eigenvalue weighted by Crippen LogP contribution is -2.30. The highest BCUT2D eigenvalue weighted by molar-refractivity contribution is 7.47. The van der Waals surface area contributed by atoms with Gasteiger partial charge in [0.2, 0.25) is 0 Å². The molecule has 5 atom stereocenters. The van der Waals surface area contributed by atoms with Gasteiger partial charge in [0.15, 0.2) is 12.2 Å². The van der Waals surface area contributed by atoms with E-state index in [1.165, 1.54) is 218 Å². The Labute approximate surface area is 607 Å². The third kappa shape index (κ3) is 74.1. The molecule has 588 valence electrons. The second-order valence-electron chi connectivity index (χ2n) is 30.2. The molecule has 0 aliphatic rings. The highest BCUT2D eigenvalue weighted by Crippen LogP contribution is 2.45. The number of ether oxygens (including phenoxy) is 4. The third-order valence-electron chi connectivity index (χ3n) is 18.6. The molecular formula is C80H156O17P2. The fourth-order valence-corrected chi connectivity index (χ4v) is 13.9. The molecule has 0 aromatic carbocycles. The van der Waals surface area contributed by atoms with Crippen LogP contribution in [0.1, 0.15) is 414 Å². The van der Waals surface area contributed by atoms with E-state index < -0.39 is 97.5 Å². The highest BCUT2D eigenvalue weighted by atomic mass is 31.2. The van der Waals surface area contributed by atoms with Gasteiger partial charge < -0.3 is 33.8 Å². The second-order valence-corrected chi connectivity index (χ2v) is 33.1. The van der Waals surface area contributed by atoms with E-state index in [0.29, 0.717) is 31.6 Å². The van der Waals surface area contributed by atoms with Crippen LogP contribution in [0.15, 0.2) is 0 Å². The van der Waals surface area contributed by atoms with E-state index in [-0.39, 0.29) is 25.7 Å². The van der Waals surface area contributed by atoms with Crippen molar-refractivity contribution in [1.82, 2.24) is 0 Å². The summed E-state index contributed by atoms with van der Waals surface area (Å²) >= 11 is 0. The fourth-order valence-electron chi connectivity index (χ4n) is 12.3. The first kappa shape index (κ1) is 97.1. The average Bonchev–Trinajstić information content (AvgIpc) is 1.05. The van der Waals surface area contributed by atoms with Gasteiger partial charge in [0.1, 0.15) is 19.3 Å². The molecule has 0 radical (unpaired) electrons. The van der Waals surface area contributed by atoms with E-state index in [2.05, 4.69) is 48.5 Å². The summed E-state index contributed by atoms with van der Waals surface area (Å²) in [5.41, 5.74) is 0. The molecule has 19 heteroatoms. The molecule has 0 aliphatic carbocycles. The number of hydrogen-bond acceptors (Lipinski definition) is 15. The van der Waals surface area contributed by atoms with Crippen LogP contribution in [0, 0.1) is 17.8 Å². The number of phosphoric ester groups is 2. The molecule has 0 fully saturated rings. The van der Waals surface area contributed by atoms with Crippen LogP contribution in [-0.2, 0) is 65.4 Å². The van der Waals surface area contributed by atoms with Gasteiger partial charge in [0, 0.05) is 25.7 Å². The summed E-state index contributed by atoms with van der Waals surface area (Å²) in [6, 6.07) is 0. The van der Waals surface area contributed by atoms with Crippen LogP contribution in [0.4, 0.5) is 0 Å². The smallest absolute Gasteiger partial charge is 0.462 e. The first-order valence-electron chi connectivity index (χ1n) is 41.3. The molecule has 0 aromatic rings. The topological polar surface area (TPSA) is 237 Å². The lowest BCUT2D eigenvalue weighted by molar-refractivity contribution is -0.161. The van der Waals surface area contributed by atoms with Crippen LogP contribution in [0.3, 0.4) is 0 Å². The van der Waals surface area contributed by atoms with Gasteiger partial charge in [-0.15, -0.1) is 0 Å². The number of unbranched alkanes of at least 4 members (excludes halogenated alkanes) is 46. The molecule has 17 nitrogen and oxygen atoms in total. The zero-order chi connectivity index (χ0) is 73.0. The summed E-state index contributed by atoms with van der Waals surface area (Å²) in [7, 11) is -9.92. The molecule has 0 aliphatic heterocycles. The van der Waals surface area contributed by atoms with Gasteiger partial charge in [-0.2, -0.15) is 0 Å². The van der Waals surface area contributed by atoms with Crippen LogP contribution in [0.5, 0.6) is 0 Å². The number of aliphatic hydroxyl groups is 1. The van der Waals surface area contributed by atoms with E-state index >= 15 is 0 Å². The lowest BCUT2D eigenvalue weighted by Gasteiger charge is -2.21. The molecule has 0 bridgehead atoms. The highest BCUT2D eigenvalue weighted by Gasteiger charge is 2.30. The predicted molar refractivity (Wildman–Crippen MR) is 405 cm³/mol. The summed E-state index contributed by atoms with van der Waals surface area (Å²) < 4.78 is 68.7. The molecule has 0 amide bonds. The minimum atomic E-state index is -4.96. The van der Waals surface area contributed by atoms with Gasteiger partial charge in [-0.05, 0) is 43.4 Å². The first-order valence-corrected chi connectivity index (χ1v) is 44.3. The Morgan fingerprint density at radius 3 is 0.687 bits per heavy atom. The number of phosphoric acid groups is 2. The molecule has 0 saturated carbocycles. The summed E-state index contributed by atoms with van der Waals surface area (Å²) in [6.45, 7) is 11.9. The molecular weight excluding hydrogens is 1290 g/mol.